The fourth-order valence-electron chi connectivity index (χ4n) is 0.784. The van der Waals surface area contributed by atoms with Gasteiger partial charge in [-0.1, -0.05) is 0 Å². The van der Waals surface area contributed by atoms with E-state index in [1.54, 1.807) is 6.20 Å². The molecule has 0 amide bonds. The molecule has 0 saturated heterocycles. The topological polar surface area (TPSA) is 267 Å². The van der Waals surface area contributed by atoms with Crippen molar-refractivity contribution >= 4 is 46.7 Å². The van der Waals surface area contributed by atoms with E-state index in [0.717, 1.165) is 5.39 Å². The molecule has 2 rings (SSSR count). The Bertz CT molecular complexity index is 1110. The predicted molar refractivity (Wildman–Crippen MR) is 105 cm³/mol. The van der Waals surface area contributed by atoms with E-state index in [1.165, 1.54) is 6.33 Å². The van der Waals surface area contributed by atoms with E-state index in [9.17, 15) is 65.9 Å². The maximum atomic E-state index is 10.6. The molecule has 0 radical (unpaired) electrons. The van der Waals surface area contributed by atoms with Gasteiger partial charge >= 0.3 is 60.7 Å². The van der Waals surface area contributed by atoms with Gasteiger partial charge in [-0.25, -0.2) is 33.9 Å². The minimum atomic E-state index is -5.08. The van der Waals surface area contributed by atoms with Crippen molar-refractivity contribution < 1.29 is 115 Å². The molecule has 15 nitrogen and oxygen atoms in total. The molecule has 8 N–H and O–H groups in total. The van der Waals surface area contributed by atoms with E-state index in [-0.39, 0.29) is 0 Å². The molecule has 260 valence electrons. The second-order valence-corrected chi connectivity index (χ2v) is 5.91. The van der Waals surface area contributed by atoms with Gasteiger partial charge in [0.15, 0.2) is 5.65 Å². The Morgan fingerprint density at radius 1 is 0.533 bits per heavy atom. The summed E-state index contributed by atoms with van der Waals surface area (Å²) in [5.74, 6) is -13.3. The van der Waals surface area contributed by atoms with Crippen molar-refractivity contribution in [1.29, 1.82) is 0 Å². The van der Waals surface area contributed by atoms with Crippen LogP contribution in [0.2, 0.25) is 0 Å². The van der Waals surface area contributed by atoms with Gasteiger partial charge in [-0.05, 0) is 0 Å². The molecule has 2 heterocycles. The third kappa shape index (κ3) is 26.0. The summed E-state index contributed by atoms with van der Waals surface area (Å²) in [7, 11) is 0. The number of H-pyrrole nitrogens is 1. The summed E-state index contributed by atoms with van der Waals surface area (Å²) in [5.41, 5.74) is 6.16. The maximum absolute atomic E-state index is 10.6. The molecule has 0 saturated carbocycles. The van der Waals surface area contributed by atoms with Gasteiger partial charge < -0.3 is 31.3 Å². The standard InChI is InChI=1S/C5H5N5.5C2HF3O2/c6-4-3-1-9-10-5(3)8-2-7-4;5*3-2(4,5)1(6)7/h1-2H,(H3,6,7,8,9,10);5*(H,6,7). The molecule has 0 unspecified atom stereocenters. The van der Waals surface area contributed by atoms with E-state index < -0.39 is 60.7 Å². The van der Waals surface area contributed by atoms with Crippen molar-refractivity contribution in [1.82, 2.24) is 20.2 Å². The fourth-order valence-corrected chi connectivity index (χ4v) is 0.784. The number of rotatable bonds is 0. The van der Waals surface area contributed by atoms with Crippen LogP contribution in [0, 0.1) is 0 Å². The molecule has 0 aliphatic rings. The van der Waals surface area contributed by atoms with Crippen LogP contribution in [-0.4, -0.2) is 106 Å². The molecule has 30 heteroatoms. The Morgan fingerprint density at radius 2 is 0.756 bits per heavy atom. The Balaban J connectivity index is -0.000000226. The molecular weight excluding hydrogens is 695 g/mol. The van der Waals surface area contributed by atoms with Crippen LogP contribution in [0.5, 0.6) is 0 Å². The lowest BCUT2D eigenvalue weighted by molar-refractivity contribution is -0.193. The number of nitrogens with two attached hydrogens (primary N) is 1. The number of alkyl halides is 15. The third-order valence-corrected chi connectivity index (χ3v) is 2.49. The minimum Gasteiger partial charge on any atom is -0.475 e. The highest BCUT2D eigenvalue weighted by Crippen LogP contribution is 2.15. The van der Waals surface area contributed by atoms with Gasteiger partial charge in [0.1, 0.15) is 12.1 Å². The highest BCUT2D eigenvalue weighted by molar-refractivity contribution is 5.83. The summed E-state index contributed by atoms with van der Waals surface area (Å²) in [5, 5.41) is 42.8. The Labute approximate surface area is 232 Å². The van der Waals surface area contributed by atoms with Crippen LogP contribution in [0.3, 0.4) is 0 Å². The van der Waals surface area contributed by atoms with Crippen LogP contribution in [-0.2, 0) is 24.0 Å². The molecular formula is C15H10F15N5O10. The number of aromatic nitrogens is 4. The Hall–Kier alpha value is -5.35. The number of anilines is 1. The van der Waals surface area contributed by atoms with Crippen LogP contribution in [0.15, 0.2) is 12.5 Å². The van der Waals surface area contributed by atoms with Crippen molar-refractivity contribution in [3.63, 3.8) is 0 Å². The monoisotopic (exact) mass is 705 g/mol. The first kappa shape index (κ1) is 46.6. The van der Waals surface area contributed by atoms with Crippen LogP contribution in [0.25, 0.3) is 11.0 Å². The first-order chi connectivity index (χ1) is 19.6. The van der Waals surface area contributed by atoms with Crippen molar-refractivity contribution in [3.8, 4) is 0 Å². The van der Waals surface area contributed by atoms with Crippen LogP contribution in [0.4, 0.5) is 71.7 Å². The van der Waals surface area contributed by atoms with E-state index in [1.807, 2.05) is 0 Å². The van der Waals surface area contributed by atoms with Gasteiger partial charge in [0.05, 0.1) is 11.6 Å². The van der Waals surface area contributed by atoms with Crippen LogP contribution in [0.1, 0.15) is 0 Å². The molecule has 0 aliphatic heterocycles. The third-order valence-electron chi connectivity index (χ3n) is 2.49. The summed E-state index contributed by atoms with van der Waals surface area (Å²) in [4.78, 5) is 52.2. The van der Waals surface area contributed by atoms with Crippen molar-refractivity contribution in [2.24, 2.45) is 0 Å². The maximum Gasteiger partial charge on any atom is 0.490 e. The van der Waals surface area contributed by atoms with Crippen molar-refractivity contribution in [2.45, 2.75) is 30.9 Å². The zero-order chi connectivity index (χ0) is 37.4. The number of carboxylic acids is 5. The molecule has 0 aromatic carbocycles. The summed E-state index contributed by atoms with van der Waals surface area (Å²) in [6.07, 6.45) is -22.4. The average Bonchev–Trinajstić information content (AvgIpc) is 3.28. The molecule has 0 atom stereocenters. The van der Waals surface area contributed by atoms with E-state index in [4.69, 9.17) is 55.2 Å². The lowest BCUT2D eigenvalue weighted by Crippen LogP contribution is -2.21. The van der Waals surface area contributed by atoms with E-state index >= 15 is 0 Å². The molecule has 0 spiro atoms. The number of hydrogen-bond acceptors (Lipinski definition) is 9. The van der Waals surface area contributed by atoms with Crippen molar-refractivity contribution in [2.75, 3.05) is 5.73 Å². The molecule has 0 bridgehead atoms. The summed E-state index contributed by atoms with van der Waals surface area (Å²) >= 11 is 0. The zero-order valence-electron chi connectivity index (χ0n) is 20.0. The summed E-state index contributed by atoms with van der Waals surface area (Å²) in [6, 6.07) is 0. The van der Waals surface area contributed by atoms with E-state index in [2.05, 4.69) is 20.2 Å². The quantitative estimate of drug-likeness (QED) is 0.194. The number of fused-ring (bicyclic) bond motifs is 1. The normalized spacial score (nSPS) is 11.1. The average molecular weight is 705 g/mol. The van der Waals surface area contributed by atoms with E-state index in [0.29, 0.717) is 11.5 Å². The number of nitrogen functional groups attached to an aromatic ring is 1. The zero-order valence-corrected chi connectivity index (χ0v) is 20.0. The molecule has 0 fully saturated rings. The number of nitrogens with one attached hydrogen (secondary N) is 1. The lowest BCUT2D eigenvalue weighted by Gasteiger charge is -1.93. The number of nitrogens with zero attached hydrogens (tertiary/aromatic N) is 3. The van der Waals surface area contributed by atoms with Gasteiger partial charge in [0.25, 0.3) is 0 Å². The molecule has 45 heavy (non-hydrogen) atoms. The second-order valence-electron chi connectivity index (χ2n) is 5.91. The minimum absolute atomic E-state index is 0.457. The lowest BCUT2D eigenvalue weighted by atomic mass is 10.4. The molecule has 2 aromatic rings. The second kappa shape index (κ2) is 18.3. The van der Waals surface area contributed by atoms with Gasteiger partial charge in [0, 0.05) is 0 Å². The van der Waals surface area contributed by atoms with Gasteiger partial charge in [0.2, 0.25) is 0 Å². The van der Waals surface area contributed by atoms with Crippen LogP contribution < -0.4 is 5.73 Å². The van der Waals surface area contributed by atoms with Gasteiger partial charge in [-0.2, -0.15) is 71.0 Å². The highest BCUT2D eigenvalue weighted by atomic mass is 19.4. The largest absolute Gasteiger partial charge is 0.490 e. The Kier molecular flexibility index (Phi) is 19.0. The first-order valence-electron chi connectivity index (χ1n) is 9.00. The number of aliphatic carboxylic acids is 5. The smallest absolute Gasteiger partial charge is 0.475 e. The Morgan fingerprint density at radius 3 is 0.933 bits per heavy atom. The summed E-state index contributed by atoms with van der Waals surface area (Å²) in [6.45, 7) is 0. The van der Waals surface area contributed by atoms with Crippen molar-refractivity contribution in [3.05, 3.63) is 12.5 Å². The number of carbonyl (C=O) groups is 5. The first-order valence-corrected chi connectivity index (χ1v) is 9.00. The van der Waals surface area contributed by atoms with Gasteiger partial charge in [-0.15, -0.1) is 0 Å². The number of aromatic amines is 1. The number of halogens is 15. The van der Waals surface area contributed by atoms with Crippen LogP contribution >= 0.6 is 0 Å². The summed E-state index contributed by atoms with van der Waals surface area (Å²) < 4.78 is 159. The molecule has 2 aromatic heterocycles. The predicted octanol–water partition coefficient (Wildman–Crippen LogP) is 3.10. The number of carboxylic acid groups (broad SMARTS) is 5. The number of hydrogen-bond donors (Lipinski definition) is 7. The fraction of sp³-hybridized carbons (Fsp3) is 0.333. The SMILES string of the molecule is Nc1ncnc2[nH]ncc12.O=C(O)C(F)(F)F.O=C(O)C(F)(F)F.O=C(O)C(F)(F)F.O=C(O)C(F)(F)F.O=C(O)C(F)(F)F. The molecule has 0 aliphatic carbocycles. The van der Waals surface area contributed by atoms with Gasteiger partial charge in [-0.3, -0.25) is 5.10 Å². The highest BCUT2D eigenvalue weighted by Gasteiger charge is 2.40.